The van der Waals surface area contributed by atoms with Gasteiger partial charge in [-0.25, -0.2) is 4.39 Å². The molecular weight excluding hydrogens is 154 g/mol. The van der Waals surface area contributed by atoms with Crippen LogP contribution in [0, 0.1) is 0 Å². The monoisotopic (exact) mass is 157 g/mol. The molecule has 1 amide bonds. The molecule has 0 aromatic carbocycles. The second-order valence-electron chi connectivity index (χ2n) is 1.94. The minimum Gasteiger partial charge on any atom is -0.265 e. The highest BCUT2D eigenvalue weighted by molar-refractivity contribution is 5.85. The van der Waals surface area contributed by atoms with Gasteiger partial charge in [-0.05, 0) is 0 Å². The third-order valence-electron chi connectivity index (χ3n) is 1.22. The van der Waals surface area contributed by atoms with E-state index in [1.165, 1.54) is 0 Å². The minimum absolute atomic E-state index is 0.815. The molecule has 1 aliphatic rings. The van der Waals surface area contributed by atoms with Crippen molar-refractivity contribution in [1.29, 1.82) is 0 Å². The average molecular weight is 157 g/mol. The Hall–Kier alpha value is -0.810. The second-order valence-corrected chi connectivity index (χ2v) is 1.94. The largest absolute Gasteiger partial charge is 0.359 e. The number of halogens is 4. The molecular formula is C4H3F4NO. The first kappa shape index (κ1) is 7.30. The molecule has 10 heavy (non-hydrogen) atoms. The van der Waals surface area contributed by atoms with E-state index >= 15 is 0 Å². The van der Waals surface area contributed by atoms with E-state index in [0.29, 0.717) is 0 Å². The van der Waals surface area contributed by atoms with Crippen LogP contribution in [0.4, 0.5) is 17.7 Å². The average Bonchev–Trinajstić information content (AvgIpc) is 1.97. The molecule has 1 atom stereocenters. The van der Waals surface area contributed by atoms with E-state index in [9.17, 15) is 22.4 Å². The van der Waals surface area contributed by atoms with Gasteiger partial charge in [0.25, 0.3) is 0 Å². The van der Waals surface area contributed by atoms with Crippen LogP contribution in [0.15, 0.2) is 0 Å². The van der Waals surface area contributed by atoms with Crippen molar-refractivity contribution in [2.24, 2.45) is 0 Å². The number of nitrogens with zero attached hydrogens (tertiary/aromatic N) is 1. The lowest BCUT2D eigenvalue weighted by Crippen LogP contribution is -2.33. The summed E-state index contributed by atoms with van der Waals surface area (Å²) in [6.07, 6.45) is -2.72. The molecule has 1 unspecified atom stereocenters. The van der Waals surface area contributed by atoms with Crippen LogP contribution >= 0.6 is 0 Å². The lowest BCUT2D eigenvalue weighted by atomic mass is 10.3. The summed E-state index contributed by atoms with van der Waals surface area (Å²) in [4.78, 5) is 10.00. The van der Waals surface area contributed by atoms with Gasteiger partial charge in [-0.2, -0.15) is 13.9 Å². The summed E-state index contributed by atoms with van der Waals surface area (Å²) in [5, 5.41) is -0.815. The molecule has 0 spiro atoms. The van der Waals surface area contributed by atoms with Crippen molar-refractivity contribution in [2.45, 2.75) is 12.1 Å². The second kappa shape index (κ2) is 1.83. The molecule has 6 heteroatoms. The first-order chi connectivity index (χ1) is 4.46. The van der Waals surface area contributed by atoms with E-state index in [4.69, 9.17) is 0 Å². The number of hydrogen-bond donors (Lipinski definition) is 0. The van der Waals surface area contributed by atoms with Crippen molar-refractivity contribution in [3.05, 3.63) is 0 Å². The number of carbonyl (C=O) groups is 1. The Labute approximate surface area is 53.3 Å². The van der Waals surface area contributed by atoms with Crippen molar-refractivity contribution in [1.82, 2.24) is 5.12 Å². The van der Waals surface area contributed by atoms with E-state index in [2.05, 4.69) is 0 Å². The number of carbonyl (C=O) groups excluding carboxylic acids is 1. The lowest BCUT2D eigenvalue weighted by molar-refractivity contribution is -0.161. The van der Waals surface area contributed by atoms with E-state index in [0.717, 1.165) is 0 Å². The molecule has 2 nitrogen and oxygen atoms in total. The Morgan fingerprint density at radius 1 is 1.60 bits per heavy atom. The van der Waals surface area contributed by atoms with Crippen LogP contribution in [0.3, 0.4) is 0 Å². The van der Waals surface area contributed by atoms with Gasteiger partial charge in [0.05, 0.1) is 6.54 Å². The van der Waals surface area contributed by atoms with Crippen molar-refractivity contribution in [2.75, 3.05) is 6.54 Å². The van der Waals surface area contributed by atoms with Gasteiger partial charge < -0.3 is 0 Å². The highest BCUT2D eigenvalue weighted by atomic mass is 19.3. The van der Waals surface area contributed by atoms with Gasteiger partial charge in [-0.1, -0.05) is 4.48 Å². The molecule has 0 radical (unpaired) electrons. The fourth-order valence-electron chi connectivity index (χ4n) is 0.634. The van der Waals surface area contributed by atoms with Crippen molar-refractivity contribution < 1.29 is 22.4 Å². The first-order valence-corrected chi connectivity index (χ1v) is 2.46. The molecule has 1 aliphatic heterocycles. The number of alkyl halides is 3. The predicted molar refractivity (Wildman–Crippen MR) is 22.7 cm³/mol. The van der Waals surface area contributed by atoms with Crippen LogP contribution < -0.4 is 0 Å². The van der Waals surface area contributed by atoms with Gasteiger partial charge in [0.15, 0.2) is 6.17 Å². The maximum Gasteiger partial charge on any atom is 0.359 e. The fourth-order valence-corrected chi connectivity index (χ4v) is 0.634. The topological polar surface area (TPSA) is 20.3 Å². The van der Waals surface area contributed by atoms with Crippen LogP contribution in [0.1, 0.15) is 0 Å². The van der Waals surface area contributed by atoms with Gasteiger partial charge in [0.1, 0.15) is 0 Å². The van der Waals surface area contributed by atoms with Gasteiger partial charge in [0, 0.05) is 0 Å². The highest BCUT2D eigenvalue weighted by Crippen LogP contribution is 2.31. The fraction of sp³-hybridized carbons (Fsp3) is 0.750. The summed E-state index contributed by atoms with van der Waals surface area (Å²) in [7, 11) is 0. The van der Waals surface area contributed by atoms with Gasteiger partial charge in [-0.3, -0.25) is 4.79 Å². The summed E-state index contributed by atoms with van der Waals surface area (Å²) in [6, 6.07) is 0. The summed E-state index contributed by atoms with van der Waals surface area (Å²) >= 11 is 0. The Bertz CT molecular complexity index is 171. The molecule has 0 bridgehead atoms. The Kier molecular flexibility index (Phi) is 1.34. The van der Waals surface area contributed by atoms with Crippen LogP contribution in [-0.2, 0) is 4.79 Å². The third kappa shape index (κ3) is 0.748. The summed E-state index contributed by atoms with van der Waals surface area (Å²) < 4.78 is 47.7. The van der Waals surface area contributed by atoms with Crippen LogP contribution in [0.2, 0.25) is 0 Å². The quantitative estimate of drug-likeness (QED) is 0.374. The summed E-state index contributed by atoms with van der Waals surface area (Å²) in [5.74, 6) is -6.27. The Morgan fingerprint density at radius 3 is 2.20 bits per heavy atom. The molecule has 0 aliphatic carbocycles. The summed E-state index contributed by atoms with van der Waals surface area (Å²) in [6.45, 7) is -1.17. The molecule has 0 aromatic rings. The van der Waals surface area contributed by atoms with E-state index in [1.54, 1.807) is 0 Å². The Morgan fingerprint density at radius 2 is 2.10 bits per heavy atom. The molecule has 1 saturated heterocycles. The Balaban J connectivity index is 2.85. The van der Waals surface area contributed by atoms with Crippen molar-refractivity contribution in [3.8, 4) is 0 Å². The van der Waals surface area contributed by atoms with Crippen molar-refractivity contribution in [3.63, 3.8) is 0 Å². The predicted octanol–water partition coefficient (Wildman–Crippen LogP) is 0.687. The van der Waals surface area contributed by atoms with Crippen LogP contribution in [0.5, 0.6) is 0 Å². The SMILES string of the molecule is O=C1N(F)CC(F)C1(F)F. The van der Waals surface area contributed by atoms with E-state index in [1.807, 2.05) is 0 Å². The van der Waals surface area contributed by atoms with Crippen LogP contribution in [0.25, 0.3) is 0 Å². The zero-order chi connectivity index (χ0) is 7.94. The number of amides is 1. The normalized spacial score (nSPS) is 31.4. The third-order valence-corrected chi connectivity index (χ3v) is 1.22. The van der Waals surface area contributed by atoms with E-state index in [-0.39, 0.29) is 0 Å². The van der Waals surface area contributed by atoms with Crippen molar-refractivity contribution >= 4 is 5.91 Å². The molecule has 0 aromatic heterocycles. The summed E-state index contributed by atoms with van der Waals surface area (Å²) in [5.41, 5.74) is 0. The molecule has 1 heterocycles. The highest BCUT2D eigenvalue weighted by Gasteiger charge is 2.58. The standard InChI is InChI=1S/C4H3F4NO/c5-2-1-9(8)3(10)4(2,6)7/h2H,1H2. The minimum atomic E-state index is -4.17. The lowest BCUT2D eigenvalue weighted by Gasteiger charge is -2.05. The smallest absolute Gasteiger partial charge is 0.265 e. The molecule has 0 N–H and O–H groups in total. The van der Waals surface area contributed by atoms with Gasteiger partial charge >= 0.3 is 11.8 Å². The molecule has 1 rings (SSSR count). The maximum atomic E-state index is 12.0. The number of rotatable bonds is 0. The zero-order valence-electron chi connectivity index (χ0n) is 4.65. The van der Waals surface area contributed by atoms with Gasteiger partial charge in [-0.15, -0.1) is 0 Å². The first-order valence-electron chi connectivity index (χ1n) is 2.46. The molecule has 1 fully saturated rings. The maximum absolute atomic E-state index is 12.0. The molecule has 0 saturated carbocycles. The number of hydrogen-bond acceptors (Lipinski definition) is 1. The zero-order valence-corrected chi connectivity index (χ0v) is 4.65. The van der Waals surface area contributed by atoms with E-state index < -0.39 is 29.7 Å². The van der Waals surface area contributed by atoms with Gasteiger partial charge in [0.2, 0.25) is 0 Å². The molecule has 58 valence electrons. The van der Waals surface area contributed by atoms with Crippen LogP contribution in [-0.4, -0.2) is 29.7 Å².